The number of hydrogen-bond acceptors (Lipinski definition) is 6. The molecule has 1 fully saturated rings. The molecule has 0 unspecified atom stereocenters. The lowest BCUT2D eigenvalue weighted by atomic mass is 9.67. The molecule has 3 rings (SSSR count). The van der Waals surface area contributed by atoms with Crippen LogP contribution in [-0.2, 0) is 23.8 Å². The normalized spacial score (nSPS) is 34.4. The Hall–Kier alpha value is -2.44. The maximum absolute atomic E-state index is 12.9. The zero-order chi connectivity index (χ0) is 22.3. The first-order valence-corrected chi connectivity index (χ1v) is 10.2. The summed E-state index contributed by atoms with van der Waals surface area (Å²) in [5.74, 6) is -3.48. The number of ether oxygens (including phenoxy) is 3. The van der Waals surface area contributed by atoms with Gasteiger partial charge in [-0.2, -0.15) is 0 Å². The third-order valence-electron chi connectivity index (χ3n) is 6.14. The highest BCUT2D eigenvalue weighted by Gasteiger charge is 2.66. The minimum Gasteiger partial charge on any atom is -0.469 e. The van der Waals surface area contributed by atoms with Gasteiger partial charge in [0, 0.05) is 11.5 Å². The Kier molecular flexibility index (Phi) is 5.94. The minimum absolute atomic E-state index is 0.305. The SMILES string of the molecule is CC[C@H](C)/C=C(C)/C=C/C1=CC2=CC(=O)[C@]3(C)O[C@](C)(O)[C@@H](C(=O)OC)[C@@H]3C2=CO1. The van der Waals surface area contributed by atoms with Crippen molar-refractivity contribution in [1.29, 1.82) is 0 Å². The largest absolute Gasteiger partial charge is 0.469 e. The molecule has 0 aromatic heterocycles. The molecular formula is C24H30O6. The summed E-state index contributed by atoms with van der Waals surface area (Å²) in [4.78, 5) is 25.4. The number of carbonyl (C=O) groups excluding carboxylic acids is 2. The second-order valence-electron chi connectivity index (χ2n) is 8.57. The van der Waals surface area contributed by atoms with Crippen molar-refractivity contribution in [1.82, 2.24) is 0 Å². The summed E-state index contributed by atoms with van der Waals surface area (Å²) in [5, 5.41) is 10.8. The van der Waals surface area contributed by atoms with Crippen LogP contribution in [0.1, 0.15) is 41.0 Å². The third kappa shape index (κ3) is 3.82. The Morgan fingerprint density at radius 1 is 1.37 bits per heavy atom. The Morgan fingerprint density at radius 3 is 2.70 bits per heavy atom. The average molecular weight is 414 g/mol. The molecule has 0 bridgehead atoms. The van der Waals surface area contributed by atoms with Gasteiger partial charge >= 0.3 is 5.97 Å². The van der Waals surface area contributed by atoms with Crippen LogP contribution >= 0.6 is 0 Å². The molecule has 3 aliphatic rings. The van der Waals surface area contributed by atoms with Crippen LogP contribution in [0.3, 0.4) is 0 Å². The average Bonchev–Trinajstić information content (AvgIpc) is 2.92. The molecule has 0 amide bonds. The quantitative estimate of drug-likeness (QED) is 0.545. The molecule has 6 nitrogen and oxygen atoms in total. The summed E-state index contributed by atoms with van der Waals surface area (Å²) < 4.78 is 16.4. The molecule has 2 aliphatic heterocycles. The van der Waals surface area contributed by atoms with E-state index in [1.54, 1.807) is 13.0 Å². The highest BCUT2D eigenvalue weighted by atomic mass is 16.7. The molecule has 5 atom stereocenters. The van der Waals surface area contributed by atoms with Gasteiger partial charge in [-0.3, -0.25) is 9.59 Å². The number of hydrogen-bond donors (Lipinski definition) is 1. The number of methoxy groups -OCH3 is 1. The first-order chi connectivity index (χ1) is 14.0. The number of fused-ring (bicyclic) bond motifs is 3. The van der Waals surface area contributed by atoms with Crippen LogP contribution in [0.5, 0.6) is 0 Å². The fraction of sp³-hybridized carbons (Fsp3) is 0.500. The highest BCUT2D eigenvalue weighted by Crippen LogP contribution is 2.54. The number of aliphatic hydroxyl groups is 1. The second-order valence-corrected chi connectivity index (χ2v) is 8.57. The number of esters is 1. The summed E-state index contributed by atoms with van der Waals surface area (Å²) in [6.07, 6.45) is 11.9. The van der Waals surface area contributed by atoms with E-state index in [4.69, 9.17) is 14.2 Å². The maximum atomic E-state index is 12.9. The standard InChI is InChI=1S/C24H30O6/c1-7-14(2)10-15(3)8-9-17-11-16-12-19(25)23(4)20(18(16)13-29-17)21(22(26)28-6)24(5,27)30-23/h8-14,20-21,27H,7H2,1-6H3/b9-8+,15-10+/t14-,20-,21+,23-,24-/m0/s1. The molecule has 0 radical (unpaired) electrons. The van der Waals surface area contributed by atoms with E-state index in [2.05, 4.69) is 19.9 Å². The Balaban J connectivity index is 1.94. The predicted molar refractivity (Wildman–Crippen MR) is 112 cm³/mol. The summed E-state index contributed by atoms with van der Waals surface area (Å²) in [5.41, 5.74) is 1.02. The van der Waals surface area contributed by atoms with Gasteiger partial charge in [0.05, 0.1) is 13.4 Å². The molecule has 30 heavy (non-hydrogen) atoms. The molecule has 1 aliphatic carbocycles. The molecule has 2 heterocycles. The summed E-state index contributed by atoms with van der Waals surface area (Å²) in [7, 11) is 1.25. The van der Waals surface area contributed by atoms with Crippen molar-refractivity contribution in [2.24, 2.45) is 17.8 Å². The fourth-order valence-corrected chi connectivity index (χ4v) is 4.40. The number of allylic oxidation sites excluding steroid dienone is 6. The van der Waals surface area contributed by atoms with Crippen molar-refractivity contribution in [3.63, 3.8) is 0 Å². The summed E-state index contributed by atoms with van der Waals surface area (Å²) in [6, 6.07) is 0. The van der Waals surface area contributed by atoms with Gasteiger partial charge in [-0.25, -0.2) is 0 Å². The van der Waals surface area contributed by atoms with Gasteiger partial charge in [-0.05, 0) is 50.5 Å². The van der Waals surface area contributed by atoms with E-state index in [0.717, 1.165) is 12.0 Å². The van der Waals surface area contributed by atoms with Crippen LogP contribution in [0.15, 0.2) is 59.1 Å². The zero-order valence-electron chi connectivity index (χ0n) is 18.4. The lowest BCUT2D eigenvalue weighted by molar-refractivity contribution is -0.223. The Bertz CT molecular complexity index is 901. The molecule has 6 heteroatoms. The molecule has 0 aromatic carbocycles. The van der Waals surface area contributed by atoms with Gasteiger partial charge in [0.2, 0.25) is 0 Å². The van der Waals surface area contributed by atoms with Crippen LogP contribution in [0, 0.1) is 17.8 Å². The van der Waals surface area contributed by atoms with Crippen molar-refractivity contribution in [3.8, 4) is 0 Å². The van der Waals surface area contributed by atoms with E-state index in [9.17, 15) is 14.7 Å². The number of carbonyl (C=O) groups is 2. The Morgan fingerprint density at radius 2 is 2.07 bits per heavy atom. The van der Waals surface area contributed by atoms with Crippen molar-refractivity contribution in [3.05, 3.63) is 59.1 Å². The molecule has 1 N–H and O–H groups in total. The maximum Gasteiger partial charge on any atom is 0.314 e. The highest BCUT2D eigenvalue weighted by molar-refractivity contribution is 6.02. The van der Waals surface area contributed by atoms with Crippen molar-refractivity contribution >= 4 is 11.8 Å². The lowest BCUT2D eigenvalue weighted by Gasteiger charge is -2.36. The molecule has 0 saturated carbocycles. The number of ketones is 1. The molecule has 0 aromatic rings. The van der Waals surface area contributed by atoms with Crippen LogP contribution in [0.25, 0.3) is 0 Å². The lowest BCUT2D eigenvalue weighted by Crippen LogP contribution is -2.46. The Labute approximate surface area is 177 Å². The van der Waals surface area contributed by atoms with E-state index in [1.807, 2.05) is 19.1 Å². The topological polar surface area (TPSA) is 82.1 Å². The van der Waals surface area contributed by atoms with Gasteiger partial charge in [0.1, 0.15) is 17.3 Å². The second kappa shape index (κ2) is 8.00. The number of rotatable bonds is 5. The van der Waals surface area contributed by atoms with E-state index in [-0.39, 0.29) is 5.78 Å². The monoisotopic (exact) mass is 414 g/mol. The molecule has 1 saturated heterocycles. The van der Waals surface area contributed by atoms with Crippen LogP contribution in [0.4, 0.5) is 0 Å². The van der Waals surface area contributed by atoms with Crippen LogP contribution < -0.4 is 0 Å². The van der Waals surface area contributed by atoms with Gasteiger partial charge in [-0.1, -0.05) is 38.0 Å². The fourth-order valence-electron chi connectivity index (χ4n) is 4.40. The summed E-state index contributed by atoms with van der Waals surface area (Å²) in [6.45, 7) is 9.30. The van der Waals surface area contributed by atoms with E-state index < -0.39 is 29.2 Å². The van der Waals surface area contributed by atoms with Crippen molar-refractivity contribution < 1.29 is 28.9 Å². The van der Waals surface area contributed by atoms with E-state index in [1.165, 1.54) is 26.4 Å². The summed E-state index contributed by atoms with van der Waals surface area (Å²) >= 11 is 0. The van der Waals surface area contributed by atoms with Gasteiger partial charge in [-0.15, -0.1) is 0 Å². The third-order valence-corrected chi connectivity index (χ3v) is 6.14. The zero-order valence-corrected chi connectivity index (χ0v) is 18.4. The minimum atomic E-state index is -1.84. The first kappa shape index (κ1) is 22.2. The van der Waals surface area contributed by atoms with Gasteiger partial charge in [0.15, 0.2) is 11.6 Å². The van der Waals surface area contributed by atoms with Crippen molar-refractivity contribution in [2.75, 3.05) is 7.11 Å². The molecule has 0 spiro atoms. The molecule has 162 valence electrons. The predicted octanol–water partition coefficient (Wildman–Crippen LogP) is 3.74. The van der Waals surface area contributed by atoms with E-state index >= 15 is 0 Å². The smallest absolute Gasteiger partial charge is 0.314 e. The van der Waals surface area contributed by atoms with E-state index in [0.29, 0.717) is 22.8 Å². The van der Waals surface area contributed by atoms with Crippen molar-refractivity contribution in [2.45, 2.75) is 52.4 Å². The van der Waals surface area contributed by atoms with Crippen LogP contribution in [-0.4, -0.2) is 35.4 Å². The van der Waals surface area contributed by atoms with Gasteiger partial charge < -0.3 is 19.3 Å². The van der Waals surface area contributed by atoms with Crippen LogP contribution in [0.2, 0.25) is 0 Å². The van der Waals surface area contributed by atoms with Gasteiger partial charge in [0.25, 0.3) is 0 Å². The first-order valence-electron chi connectivity index (χ1n) is 10.2. The molecular weight excluding hydrogens is 384 g/mol.